The third-order valence-corrected chi connectivity index (χ3v) is 5.93. The van der Waals surface area contributed by atoms with Crippen molar-refractivity contribution in [3.05, 3.63) is 52.1 Å². The number of piperazine rings is 1. The maximum atomic E-state index is 13.2. The van der Waals surface area contributed by atoms with Gasteiger partial charge in [-0.05, 0) is 31.9 Å². The van der Waals surface area contributed by atoms with Crippen molar-refractivity contribution in [2.75, 3.05) is 45.8 Å². The quantitative estimate of drug-likeness (QED) is 0.381. The molecule has 2 fully saturated rings. The fourth-order valence-electron chi connectivity index (χ4n) is 4.21. The Morgan fingerprint density at radius 1 is 1.22 bits per heavy atom. The van der Waals surface area contributed by atoms with Crippen LogP contribution >= 0.6 is 0 Å². The van der Waals surface area contributed by atoms with E-state index in [2.05, 4.69) is 11.9 Å². The van der Waals surface area contributed by atoms with Gasteiger partial charge in [-0.2, -0.15) is 0 Å². The van der Waals surface area contributed by atoms with Crippen LogP contribution in [0.2, 0.25) is 0 Å². The van der Waals surface area contributed by atoms with Crippen molar-refractivity contribution in [2.45, 2.75) is 25.8 Å². The Morgan fingerprint density at radius 2 is 1.94 bits per heavy atom. The average Bonchev–Trinajstić information content (AvgIpc) is 3.26. The van der Waals surface area contributed by atoms with Crippen LogP contribution in [0.1, 0.15) is 28.8 Å². The second kappa shape index (κ2) is 10.4. The molecule has 1 aromatic carbocycles. The molecule has 10 nitrogen and oxygen atoms in total. The van der Waals surface area contributed by atoms with Crippen LogP contribution in [0.15, 0.2) is 30.9 Å². The summed E-state index contributed by atoms with van der Waals surface area (Å²) in [7, 11) is 0. The molecule has 3 rings (SSSR count). The molecule has 0 radical (unpaired) electrons. The van der Waals surface area contributed by atoms with Gasteiger partial charge in [0.2, 0.25) is 11.8 Å². The van der Waals surface area contributed by atoms with Crippen molar-refractivity contribution in [1.82, 2.24) is 20.0 Å². The molecule has 0 bridgehead atoms. The first kappa shape index (κ1) is 23.4. The molecule has 2 aliphatic rings. The van der Waals surface area contributed by atoms with Crippen LogP contribution in [0.3, 0.4) is 0 Å². The standard InChI is InChI=1S/C22H29N5O5/c1-3-8-23-20(28)15-24-10-12-25(13-11-24)22(30)19-5-4-9-26(19)21(29)17-6-7-18(27(31)32)16(2)14-17/h3,6-7,14,19H,1,4-5,8-13,15H2,2H3,(H,23,28). The highest BCUT2D eigenvalue weighted by Crippen LogP contribution is 2.25. The molecular weight excluding hydrogens is 414 g/mol. The normalized spacial score (nSPS) is 19.0. The van der Waals surface area contributed by atoms with Crippen molar-refractivity contribution in [2.24, 2.45) is 0 Å². The Kier molecular flexibility index (Phi) is 7.57. The van der Waals surface area contributed by atoms with Crippen LogP contribution in [0.25, 0.3) is 0 Å². The van der Waals surface area contributed by atoms with Crippen LogP contribution in [0, 0.1) is 17.0 Å². The lowest BCUT2D eigenvalue weighted by Crippen LogP contribution is -2.55. The van der Waals surface area contributed by atoms with Gasteiger partial charge in [0.1, 0.15) is 6.04 Å². The number of amides is 3. The number of carbonyl (C=O) groups is 3. The van der Waals surface area contributed by atoms with Gasteiger partial charge in [0.05, 0.1) is 11.5 Å². The van der Waals surface area contributed by atoms with E-state index in [1.807, 2.05) is 4.90 Å². The van der Waals surface area contributed by atoms with Crippen molar-refractivity contribution in [3.63, 3.8) is 0 Å². The van der Waals surface area contributed by atoms with Gasteiger partial charge in [0, 0.05) is 56.5 Å². The first-order valence-electron chi connectivity index (χ1n) is 10.8. The molecule has 3 amide bonds. The van der Waals surface area contributed by atoms with Crippen LogP contribution in [0.5, 0.6) is 0 Å². The molecule has 1 unspecified atom stereocenters. The zero-order chi connectivity index (χ0) is 23.3. The third kappa shape index (κ3) is 5.31. The number of nitro groups is 1. The second-order valence-corrected chi connectivity index (χ2v) is 8.11. The number of aryl methyl sites for hydroxylation is 1. The smallest absolute Gasteiger partial charge is 0.272 e. The number of rotatable bonds is 7. The molecule has 0 spiro atoms. The van der Waals surface area contributed by atoms with Gasteiger partial charge in [-0.15, -0.1) is 6.58 Å². The average molecular weight is 444 g/mol. The molecule has 0 aliphatic carbocycles. The minimum absolute atomic E-state index is 0.0355. The van der Waals surface area contributed by atoms with Crippen LogP contribution in [-0.2, 0) is 9.59 Å². The van der Waals surface area contributed by atoms with Gasteiger partial charge in [-0.25, -0.2) is 0 Å². The van der Waals surface area contributed by atoms with Crippen molar-refractivity contribution >= 4 is 23.4 Å². The molecule has 2 heterocycles. The Labute approximate surface area is 187 Å². The SMILES string of the molecule is C=CCNC(=O)CN1CCN(C(=O)C2CCCN2C(=O)c2ccc([N+](=O)[O-])c(C)c2)CC1. The Hall–Kier alpha value is -3.27. The van der Waals surface area contributed by atoms with Crippen LogP contribution < -0.4 is 5.32 Å². The lowest BCUT2D eigenvalue weighted by atomic mass is 10.1. The van der Waals surface area contributed by atoms with Crippen LogP contribution in [0.4, 0.5) is 5.69 Å². The molecule has 1 N–H and O–H groups in total. The first-order chi connectivity index (χ1) is 15.3. The van der Waals surface area contributed by atoms with E-state index in [-0.39, 0.29) is 30.0 Å². The van der Waals surface area contributed by atoms with Crippen molar-refractivity contribution in [3.8, 4) is 0 Å². The molecular formula is C22H29N5O5. The number of likely N-dealkylation sites (tertiary alicyclic amines) is 1. The van der Waals surface area contributed by atoms with E-state index in [9.17, 15) is 24.5 Å². The molecule has 0 aromatic heterocycles. The number of benzene rings is 1. The summed E-state index contributed by atoms with van der Waals surface area (Å²) in [6.45, 7) is 8.55. The minimum Gasteiger partial charge on any atom is -0.352 e. The number of nitrogens with one attached hydrogen (secondary N) is 1. The number of carbonyl (C=O) groups excluding carboxylic acids is 3. The van der Waals surface area contributed by atoms with E-state index in [4.69, 9.17) is 0 Å². The van der Waals surface area contributed by atoms with Crippen molar-refractivity contribution < 1.29 is 19.3 Å². The summed E-state index contributed by atoms with van der Waals surface area (Å²) in [6, 6.07) is 3.76. The lowest BCUT2D eigenvalue weighted by molar-refractivity contribution is -0.385. The second-order valence-electron chi connectivity index (χ2n) is 8.11. The highest BCUT2D eigenvalue weighted by atomic mass is 16.6. The van der Waals surface area contributed by atoms with Gasteiger partial charge in [0.25, 0.3) is 11.6 Å². The van der Waals surface area contributed by atoms with E-state index in [0.717, 1.165) is 6.42 Å². The van der Waals surface area contributed by atoms with Gasteiger partial charge in [-0.3, -0.25) is 29.4 Å². The summed E-state index contributed by atoms with van der Waals surface area (Å²) < 4.78 is 0. The van der Waals surface area contributed by atoms with E-state index in [1.54, 1.807) is 22.8 Å². The first-order valence-corrected chi connectivity index (χ1v) is 10.8. The Morgan fingerprint density at radius 3 is 2.56 bits per heavy atom. The number of nitro benzene ring substituents is 1. The zero-order valence-electron chi connectivity index (χ0n) is 18.3. The number of nitrogens with zero attached hydrogens (tertiary/aromatic N) is 4. The Balaban J connectivity index is 1.59. The molecule has 32 heavy (non-hydrogen) atoms. The molecule has 2 saturated heterocycles. The van der Waals surface area contributed by atoms with E-state index >= 15 is 0 Å². The van der Waals surface area contributed by atoms with Gasteiger partial charge in [-0.1, -0.05) is 6.08 Å². The molecule has 1 aromatic rings. The minimum atomic E-state index is -0.527. The van der Waals surface area contributed by atoms with Crippen LogP contribution in [-0.4, -0.2) is 89.2 Å². The summed E-state index contributed by atoms with van der Waals surface area (Å²) in [5.41, 5.74) is 0.728. The maximum absolute atomic E-state index is 13.2. The molecule has 10 heteroatoms. The predicted molar refractivity (Wildman–Crippen MR) is 118 cm³/mol. The van der Waals surface area contributed by atoms with Gasteiger partial charge < -0.3 is 15.1 Å². The summed E-state index contributed by atoms with van der Waals surface area (Å²) in [5, 5.41) is 13.8. The summed E-state index contributed by atoms with van der Waals surface area (Å²) in [4.78, 5) is 54.0. The lowest BCUT2D eigenvalue weighted by Gasteiger charge is -2.37. The molecule has 0 saturated carbocycles. The molecule has 172 valence electrons. The fraction of sp³-hybridized carbons (Fsp3) is 0.500. The molecule has 2 aliphatic heterocycles. The predicted octanol–water partition coefficient (Wildman–Crippen LogP) is 0.954. The van der Waals surface area contributed by atoms with E-state index in [0.29, 0.717) is 56.8 Å². The van der Waals surface area contributed by atoms with Gasteiger partial charge >= 0.3 is 0 Å². The largest absolute Gasteiger partial charge is 0.352 e. The summed E-state index contributed by atoms with van der Waals surface area (Å²) in [6.07, 6.45) is 2.96. The number of hydrogen-bond acceptors (Lipinski definition) is 6. The fourth-order valence-corrected chi connectivity index (χ4v) is 4.21. The maximum Gasteiger partial charge on any atom is 0.272 e. The highest BCUT2D eigenvalue weighted by molar-refractivity contribution is 5.98. The zero-order valence-corrected chi connectivity index (χ0v) is 18.3. The topological polar surface area (TPSA) is 116 Å². The summed E-state index contributed by atoms with van der Waals surface area (Å²) >= 11 is 0. The third-order valence-electron chi connectivity index (χ3n) is 5.93. The highest BCUT2D eigenvalue weighted by Gasteiger charge is 2.38. The monoisotopic (exact) mass is 443 g/mol. The summed E-state index contributed by atoms with van der Waals surface area (Å²) in [5.74, 6) is -0.433. The van der Waals surface area contributed by atoms with Gasteiger partial charge in [0.15, 0.2) is 0 Å². The van der Waals surface area contributed by atoms with Crippen molar-refractivity contribution in [1.29, 1.82) is 0 Å². The van der Waals surface area contributed by atoms with E-state index < -0.39 is 11.0 Å². The van der Waals surface area contributed by atoms with E-state index in [1.165, 1.54) is 18.2 Å². The number of hydrogen-bond donors (Lipinski definition) is 1. The molecule has 1 atom stereocenters. The Bertz CT molecular complexity index is 910.